The number of benzene rings is 1. The van der Waals surface area contributed by atoms with E-state index in [-0.39, 0.29) is 31.0 Å². The lowest BCUT2D eigenvalue weighted by atomic mass is 9.88. The molecule has 0 fully saturated rings. The Bertz CT molecular complexity index is 693. The van der Waals surface area contributed by atoms with Gasteiger partial charge in [0.15, 0.2) is 0 Å². The van der Waals surface area contributed by atoms with E-state index in [1.807, 2.05) is 51.1 Å². The number of rotatable bonds is 8. The summed E-state index contributed by atoms with van der Waals surface area (Å²) in [6.45, 7) is 11.8. The molecular formula is C22H35N3O5. The average Bonchev–Trinajstić information content (AvgIpc) is 2.61. The summed E-state index contributed by atoms with van der Waals surface area (Å²) in [6, 6.07) is 8.60. The van der Waals surface area contributed by atoms with Crippen molar-refractivity contribution in [3.63, 3.8) is 0 Å². The van der Waals surface area contributed by atoms with Crippen molar-refractivity contribution in [1.82, 2.24) is 16.0 Å². The number of ether oxygens (including phenoxy) is 2. The van der Waals surface area contributed by atoms with Crippen LogP contribution in [0, 0.1) is 5.41 Å². The zero-order chi connectivity index (χ0) is 22.8. The van der Waals surface area contributed by atoms with Crippen molar-refractivity contribution in [2.24, 2.45) is 5.41 Å². The van der Waals surface area contributed by atoms with Gasteiger partial charge in [0.25, 0.3) is 0 Å². The normalized spacial score (nSPS) is 12.5. The van der Waals surface area contributed by atoms with Crippen molar-refractivity contribution in [3.05, 3.63) is 35.9 Å². The molecule has 168 valence electrons. The molecule has 0 saturated heterocycles. The molecule has 0 aliphatic carbocycles. The molecule has 3 amide bonds. The number of carbonyl (C=O) groups excluding carboxylic acids is 3. The molecule has 30 heavy (non-hydrogen) atoms. The Labute approximate surface area is 179 Å². The van der Waals surface area contributed by atoms with Gasteiger partial charge in [-0.05, 0) is 38.2 Å². The van der Waals surface area contributed by atoms with Crippen molar-refractivity contribution >= 4 is 18.1 Å². The molecule has 8 heteroatoms. The second-order valence-electron chi connectivity index (χ2n) is 9.24. The van der Waals surface area contributed by atoms with Gasteiger partial charge in [0.05, 0.1) is 0 Å². The molecule has 0 aromatic heterocycles. The van der Waals surface area contributed by atoms with Gasteiger partial charge in [0.1, 0.15) is 18.2 Å². The molecule has 1 atom stereocenters. The first-order chi connectivity index (χ1) is 13.9. The van der Waals surface area contributed by atoms with Crippen molar-refractivity contribution in [1.29, 1.82) is 0 Å². The maximum atomic E-state index is 12.6. The van der Waals surface area contributed by atoms with Crippen LogP contribution >= 0.6 is 0 Å². The number of hydrogen-bond donors (Lipinski definition) is 3. The lowest BCUT2D eigenvalue weighted by Gasteiger charge is -2.27. The second kappa shape index (κ2) is 11.4. The fourth-order valence-electron chi connectivity index (χ4n) is 2.52. The minimum Gasteiger partial charge on any atom is -0.445 e. The van der Waals surface area contributed by atoms with Crippen LogP contribution in [0.15, 0.2) is 30.3 Å². The van der Waals surface area contributed by atoms with Crippen LogP contribution < -0.4 is 16.0 Å². The standard InChI is InChI=1S/C22H35N3O5/c1-21(2,3)14-17(25-20(28)30-22(4,5)6)18(26)23-12-13-24-19(27)29-15-16-10-8-7-9-11-16/h7-11,17H,12-15H2,1-6H3,(H,23,26)(H,24,27)(H,25,28)/t17-/m0/s1. The SMILES string of the molecule is CC(C)(C)C[C@H](NC(=O)OC(C)(C)C)C(=O)NCCNC(=O)OCc1ccccc1. The van der Waals surface area contributed by atoms with Crippen LogP contribution in [0.2, 0.25) is 0 Å². The highest BCUT2D eigenvalue weighted by molar-refractivity contribution is 5.85. The average molecular weight is 422 g/mol. The summed E-state index contributed by atoms with van der Waals surface area (Å²) in [7, 11) is 0. The first-order valence-electron chi connectivity index (χ1n) is 10.1. The minimum atomic E-state index is -0.745. The van der Waals surface area contributed by atoms with E-state index in [9.17, 15) is 14.4 Å². The van der Waals surface area contributed by atoms with E-state index in [4.69, 9.17) is 9.47 Å². The predicted molar refractivity (Wildman–Crippen MR) is 115 cm³/mol. The fraction of sp³-hybridized carbons (Fsp3) is 0.591. The minimum absolute atomic E-state index is 0.173. The molecule has 8 nitrogen and oxygen atoms in total. The largest absolute Gasteiger partial charge is 0.445 e. The molecule has 0 aliphatic rings. The molecular weight excluding hydrogens is 386 g/mol. The van der Waals surface area contributed by atoms with E-state index >= 15 is 0 Å². The smallest absolute Gasteiger partial charge is 0.408 e. The molecule has 0 aliphatic heterocycles. The first kappa shape index (κ1) is 25.3. The number of amides is 3. The number of carbonyl (C=O) groups is 3. The van der Waals surface area contributed by atoms with Gasteiger partial charge in [0.2, 0.25) is 5.91 Å². The number of hydrogen-bond acceptors (Lipinski definition) is 5. The Morgan fingerprint density at radius 2 is 1.50 bits per heavy atom. The Hall–Kier alpha value is -2.77. The molecule has 0 saturated carbocycles. The third-order valence-electron chi connectivity index (χ3n) is 3.73. The van der Waals surface area contributed by atoms with Crippen LogP contribution in [0.5, 0.6) is 0 Å². The topological polar surface area (TPSA) is 106 Å². The molecule has 1 aromatic carbocycles. The number of nitrogens with one attached hydrogen (secondary N) is 3. The van der Waals surface area contributed by atoms with Crippen molar-refractivity contribution < 1.29 is 23.9 Å². The van der Waals surface area contributed by atoms with E-state index < -0.39 is 23.8 Å². The third kappa shape index (κ3) is 11.9. The summed E-state index contributed by atoms with van der Waals surface area (Å²) in [5.41, 5.74) is 0.0482. The molecule has 0 unspecified atom stereocenters. The van der Waals surface area contributed by atoms with Crippen LogP contribution in [0.25, 0.3) is 0 Å². The predicted octanol–water partition coefficient (Wildman–Crippen LogP) is 3.36. The Kier molecular flexibility index (Phi) is 9.62. The van der Waals surface area contributed by atoms with Crippen molar-refractivity contribution in [2.75, 3.05) is 13.1 Å². The van der Waals surface area contributed by atoms with Gasteiger partial charge in [0, 0.05) is 13.1 Å². The summed E-state index contributed by atoms with van der Waals surface area (Å²) in [5.74, 6) is -0.338. The van der Waals surface area contributed by atoms with Gasteiger partial charge < -0.3 is 25.4 Å². The van der Waals surface area contributed by atoms with Gasteiger partial charge in [-0.15, -0.1) is 0 Å². The fourth-order valence-corrected chi connectivity index (χ4v) is 2.52. The number of alkyl carbamates (subject to hydrolysis) is 2. The Balaban J connectivity index is 2.42. The summed E-state index contributed by atoms with van der Waals surface area (Å²) in [4.78, 5) is 36.4. The lowest BCUT2D eigenvalue weighted by molar-refractivity contribution is -0.123. The molecule has 0 bridgehead atoms. The van der Waals surface area contributed by atoms with Gasteiger partial charge in [-0.3, -0.25) is 4.79 Å². The van der Waals surface area contributed by atoms with Crippen LogP contribution in [0.3, 0.4) is 0 Å². The highest BCUT2D eigenvalue weighted by Gasteiger charge is 2.28. The van der Waals surface area contributed by atoms with Crippen LogP contribution in [-0.4, -0.2) is 42.8 Å². The van der Waals surface area contributed by atoms with Gasteiger partial charge in [-0.1, -0.05) is 51.1 Å². The maximum Gasteiger partial charge on any atom is 0.408 e. The highest BCUT2D eigenvalue weighted by Crippen LogP contribution is 2.21. The molecule has 0 spiro atoms. The molecule has 1 rings (SSSR count). The lowest BCUT2D eigenvalue weighted by Crippen LogP contribution is -2.50. The zero-order valence-corrected chi connectivity index (χ0v) is 18.8. The summed E-state index contributed by atoms with van der Waals surface area (Å²) < 4.78 is 10.4. The van der Waals surface area contributed by atoms with E-state index in [1.165, 1.54) is 0 Å². The molecule has 1 aromatic rings. The van der Waals surface area contributed by atoms with E-state index in [0.29, 0.717) is 6.42 Å². The molecule has 0 radical (unpaired) electrons. The summed E-state index contributed by atoms with van der Waals surface area (Å²) in [6.07, 6.45) is -0.773. The van der Waals surface area contributed by atoms with E-state index in [2.05, 4.69) is 16.0 Å². The van der Waals surface area contributed by atoms with E-state index in [1.54, 1.807) is 20.8 Å². The quantitative estimate of drug-likeness (QED) is 0.558. The van der Waals surface area contributed by atoms with E-state index in [0.717, 1.165) is 5.56 Å². The van der Waals surface area contributed by atoms with Crippen LogP contribution in [0.4, 0.5) is 9.59 Å². The zero-order valence-electron chi connectivity index (χ0n) is 18.8. The highest BCUT2D eigenvalue weighted by atomic mass is 16.6. The van der Waals surface area contributed by atoms with Crippen molar-refractivity contribution in [2.45, 2.75) is 66.2 Å². The van der Waals surface area contributed by atoms with Gasteiger partial charge >= 0.3 is 12.2 Å². The second-order valence-corrected chi connectivity index (χ2v) is 9.24. The molecule has 0 heterocycles. The maximum absolute atomic E-state index is 12.6. The van der Waals surface area contributed by atoms with Gasteiger partial charge in [-0.2, -0.15) is 0 Å². The molecule has 3 N–H and O–H groups in total. The first-order valence-corrected chi connectivity index (χ1v) is 10.1. The Morgan fingerprint density at radius 1 is 0.900 bits per heavy atom. The van der Waals surface area contributed by atoms with Gasteiger partial charge in [-0.25, -0.2) is 9.59 Å². The Morgan fingerprint density at radius 3 is 2.07 bits per heavy atom. The summed E-state index contributed by atoms with van der Waals surface area (Å²) >= 11 is 0. The van der Waals surface area contributed by atoms with Crippen LogP contribution in [-0.2, 0) is 20.9 Å². The van der Waals surface area contributed by atoms with Crippen LogP contribution in [0.1, 0.15) is 53.5 Å². The monoisotopic (exact) mass is 421 g/mol. The van der Waals surface area contributed by atoms with Crippen molar-refractivity contribution in [3.8, 4) is 0 Å². The third-order valence-corrected chi connectivity index (χ3v) is 3.73. The summed E-state index contributed by atoms with van der Waals surface area (Å²) in [5, 5.41) is 7.94.